The van der Waals surface area contributed by atoms with Gasteiger partial charge in [-0.05, 0) is 12.5 Å². The smallest absolute Gasteiger partial charge is 0.275 e. The van der Waals surface area contributed by atoms with Crippen molar-refractivity contribution in [1.29, 1.82) is 0 Å². The van der Waals surface area contributed by atoms with E-state index in [4.69, 9.17) is 0 Å². The average molecular weight is 409 g/mol. The quantitative estimate of drug-likeness (QED) is 0.769. The molecule has 3 heterocycles. The van der Waals surface area contributed by atoms with Crippen LogP contribution in [0.3, 0.4) is 0 Å². The Kier molecular flexibility index (Phi) is 5.32. The maximum Gasteiger partial charge on any atom is 0.275 e. The second-order valence-electron chi connectivity index (χ2n) is 8.09. The molecular weight excluding hydrogens is 382 g/mol. The number of carbonyl (C=O) groups excluding carboxylic acids is 3. The Labute approximate surface area is 176 Å². The van der Waals surface area contributed by atoms with Crippen LogP contribution >= 0.6 is 0 Å². The van der Waals surface area contributed by atoms with Crippen LogP contribution in [0.15, 0.2) is 36.7 Å². The number of benzene rings is 1. The number of imidazole rings is 1. The van der Waals surface area contributed by atoms with E-state index in [9.17, 15) is 14.4 Å². The Balaban J connectivity index is 1.68. The van der Waals surface area contributed by atoms with E-state index in [0.29, 0.717) is 38.4 Å². The fraction of sp³-hybridized carbons (Fsp3) is 0.455. The normalized spacial score (nSPS) is 20.6. The van der Waals surface area contributed by atoms with Gasteiger partial charge in [0, 0.05) is 52.6 Å². The van der Waals surface area contributed by atoms with Gasteiger partial charge in [-0.15, -0.1) is 0 Å². The molecule has 2 aliphatic heterocycles. The number of amides is 3. The summed E-state index contributed by atoms with van der Waals surface area (Å²) in [6, 6.07) is 9.71. The molecule has 0 radical (unpaired) electrons. The van der Waals surface area contributed by atoms with Gasteiger partial charge < -0.3 is 19.3 Å². The van der Waals surface area contributed by atoms with E-state index < -0.39 is 0 Å². The zero-order chi connectivity index (χ0) is 21.4. The molecule has 2 atom stereocenters. The number of likely N-dealkylation sites (tertiary alicyclic amines) is 1. The van der Waals surface area contributed by atoms with Gasteiger partial charge in [-0.3, -0.25) is 14.4 Å². The van der Waals surface area contributed by atoms with Crippen molar-refractivity contribution in [2.45, 2.75) is 26.4 Å². The third-order valence-corrected chi connectivity index (χ3v) is 6.15. The first-order valence-electron chi connectivity index (χ1n) is 10.3. The van der Waals surface area contributed by atoms with Gasteiger partial charge in [-0.25, -0.2) is 4.98 Å². The van der Waals surface area contributed by atoms with Crippen LogP contribution in [0.1, 0.15) is 46.4 Å². The fourth-order valence-corrected chi connectivity index (χ4v) is 4.48. The molecule has 2 aliphatic rings. The van der Waals surface area contributed by atoms with Crippen molar-refractivity contribution in [1.82, 2.24) is 24.3 Å². The first kappa shape index (κ1) is 20.1. The summed E-state index contributed by atoms with van der Waals surface area (Å²) in [6.45, 7) is 6.12. The number of nitrogens with zero attached hydrogens (tertiary/aromatic N) is 5. The summed E-state index contributed by atoms with van der Waals surface area (Å²) in [6.07, 6.45) is 1.59. The van der Waals surface area contributed by atoms with Gasteiger partial charge in [0.2, 0.25) is 5.91 Å². The average Bonchev–Trinajstić information content (AvgIpc) is 3.34. The summed E-state index contributed by atoms with van der Waals surface area (Å²) in [5.74, 6) is -0.310. The van der Waals surface area contributed by atoms with Crippen molar-refractivity contribution in [2.24, 2.45) is 5.92 Å². The summed E-state index contributed by atoms with van der Waals surface area (Å²) in [5, 5.41) is 0. The summed E-state index contributed by atoms with van der Waals surface area (Å²) < 4.78 is 1.82. The van der Waals surface area contributed by atoms with Gasteiger partial charge in [0.05, 0.1) is 12.4 Å². The van der Waals surface area contributed by atoms with Crippen molar-refractivity contribution in [2.75, 3.05) is 33.2 Å². The van der Waals surface area contributed by atoms with E-state index in [1.807, 2.05) is 41.8 Å². The van der Waals surface area contributed by atoms with Gasteiger partial charge in [0.1, 0.15) is 5.69 Å². The highest BCUT2D eigenvalue weighted by molar-refractivity contribution is 6.05. The number of hydrogen-bond acceptors (Lipinski definition) is 4. The zero-order valence-electron chi connectivity index (χ0n) is 17.6. The Morgan fingerprint density at radius 1 is 1.17 bits per heavy atom. The highest BCUT2D eigenvalue weighted by Crippen LogP contribution is 2.34. The lowest BCUT2D eigenvalue weighted by molar-refractivity contribution is -0.128. The first-order chi connectivity index (χ1) is 14.4. The summed E-state index contributed by atoms with van der Waals surface area (Å²) in [7, 11) is 1.74. The lowest BCUT2D eigenvalue weighted by Crippen LogP contribution is -2.35. The lowest BCUT2D eigenvalue weighted by Gasteiger charge is -2.22. The van der Waals surface area contributed by atoms with E-state index in [1.54, 1.807) is 35.0 Å². The van der Waals surface area contributed by atoms with Crippen LogP contribution in [0, 0.1) is 5.92 Å². The third kappa shape index (κ3) is 3.46. The second kappa shape index (κ2) is 7.93. The summed E-state index contributed by atoms with van der Waals surface area (Å²) in [5.41, 5.74) is 1.54. The third-order valence-electron chi connectivity index (χ3n) is 6.15. The molecule has 1 aromatic heterocycles. The van der Waals surface area contributed by atoms with Gasteiger partial charge in [0.15, 0.2) is 5.69 Å². The molecule has 1 saturated heterocycles. The lowest BCUT2D eigenvalue weighted by atomic mass is 10.0. The minimum absolute atomic E-state index is 0.0232. The molecule has 1 aromatic carbocycles. The molecule has 4 rings (SSSR count). The molecule has 2 aromatic rings. The molecule has 1 fully saturated rings. The Morgan fingerprint density at radius 2 is 1.90 bits per heavy atom. The van der Waals surface area contributed by atoms with Crippen molar-refractivity contribution in [3.05, 3.63) is 53.6 Å². The van der Waals surface area contributed by atoms with E-state index in [1.165, 1.54) is 0 Å². The second-order valence-corrected chi connectivity index (χ2v) is 8.09. The molecule has 30 heavy (non-hydrogen) atoms. The molecule has 0 spiro atoms. The van der Waals surface area contributed by atoms with Crippen LogP contribution in [0.25, 0.3) is 0 Å². The zero-order valence-corrected chi connectivity index (χ0v) is 17.6. The van der Waals surface area contributed by atoms with E-state index in [2.05, 4.69) is 4.98 Å². The van der Waals surface area contributed by atoms with E-state index >= 15 is 0 Å². The maximum atomic E-state index is 13.4. The van der Waals surface area contributed by atoms with Crippen LogP contribution in [0.4, 0.5) is 0 Å². The molecule has 0 bridgehead atoms. The van der Waals surface area contributed by atoms with Crippen LogP contribution in [0.2, 0.25) is 0 Å². The predicted molar refractivity (Wildman–Crippen MR) is 111 cm³/mol. The van der Waals surface area contributed by atoms with Crippen molar-refractivity contribution >= 4 is 17.7 Å². The molecule has 158 valence electrons. The molecule has 8 nitrogen and oxygen atoms in total. The van der Waals surface area contributed by atoms with E-state index in [-0.39, 0.29) is 35.4 Å². The number of hydrogen-bond donors (Lipinski definition) is 0. The van der Waals surface area contributed by atoms with Crippen molar-refractivity contribution in [3.63, 3.8) is 0 Å². The highest BCUT2D eigenvalue weighted by atomic mass is 16.2. The predicted octanol–water partition coefficient (Wildman–Crippen LogP) is 1.65. The van der Waals surface area contributed by atoms with Crippen LogP contribution in [-0.2, 0) is 11.3 Å². The highest BCUT2D eigenvalue weighted by Gasteiger charge is 2.42. The molecule has 0 unspecified atom stereocenters. The Morgan fingerprint density at radius 3 is 2.57 bits per heavy atom. The standard InChI is InChI=1S/C22H27N5O3/c1-4-25(10-16-8-6-5-7-9-16)21(29)19-20-22(30)24(3)11-17-12-26(15(2)28)13-18(17)27(20)14-23-19/h5-9,14,17-18H,4,10-13H2,1-3H3/t17-,18+/m0/s1. The number of carbonyl (C=O) groups is 3. The van der Waals surface area contributed by atoms with Crippen molar-refractivity contribution in [3.8, 4) is 0 Å². The van der Waals surface area contributed by atoms with Gasteiger partial charge in [-0.1, -0.05) is 30.3 Å². The number of fused-ring (bicyclic) bond motifs is 3. The van der Waals surface area contributed by atoms with Gasteiger partial charge in [0.25, 0.3) is 11.8 Å². The molecule has 0 saturated carbocycles. The minimum atomic E-state index is -0.253. The molecule has 0 aliphatic carbocycles. The first-order valence-corrected chi connectivity index (χ1v) is 10.3. The summed E-state index contributed by atoms with van der Waals surface area (Å²) in [4.78, 5) is 48.0. The minimum Gasteiger partial charge on any atom is -0.340 e. The molecule has 8 heteroatoms. The largest absolute Gasteiger partial charge is 0.340 e. The van der Waals surface area contributed by atoms with Crippen LogP contribution in [0.5, 0.6) is 0 Å². The molecule has 3 amide bonds. The number of aromatic nitrogens is 2. The van der Waals surface area contributed by atoms with Gasteiger partial charge >= 0.3 is 0 Å². The van der Waals surface area contributed by atoms with Crippen molar-refractivity contribution < 1.29 is 14.4 Å². The topological polar surface area (TPSA) is 78.8 Å². The van der Waals surface area contributed by atoms with Gasteiger partial charge in [-0.2, -0.15) is 0 Å². The Bertz CT molecular complexity index is 970. The maximum absolute atomic E-state index is 13.4. The fourth-order valence-electron chi connectivity index (χ4n) is 4.48. The van der Waals surface area contributed by atoms with E-state index in [0.717, 1.165) is 5.56 Å². The van der Waals surface area contributed by atoms with Crippen LogP contribution < -0.4 is 0 Å². The Hall–Kier alpha value is -3.16. The van der Waals surface area contributed by atoms with Crippen LogP contribution in [-0.4, -0.2) is 75.2 Å². The summed E-state index contributed by atoms with van der Waals surface area (Å²) >= 11 is 0. The molecular formula is C22H27N5O3. The number of rotatable bonds is 4. The molecule has 0 N–H and O–H groups in total. The SMILES string of the molecule is CCN(Cc1ccccc1)C(=O)c1ncn2c1C(=O)N(C)C[C@H]1CN(C(C)=O)C[C@H]12. The monoisotopic (exact) mass is 409 g/mol.